The highest BCUT2D eigenvalue weighted by molar-refractivity contribution is 6.08. The third-order valence-corrected chi connectivity index (χ3v) is 4.38. The number of ketones is 1. The molecule has 0 bridgehead atoms. The predicted molar refractivity (Wildman–Crippen MR) is 104 cm³/mol. The molecule has 0 amide bonds. The van der Waals surface area contributed by atoms with Gasteiger partial charge in [-0.25, -0.2) is 0 Å². The largest absolute Gasteiger partial charge is 0.497 e. The number of hydrogen-bond donors (Lipinski definition) is 0. The van der Waals surface area contributed by atoms with Crippen LogP contribution in [0.1, 0.15) is 35.2 Å². The molecule has 27 heavy (non-hydrogen) atoms. The van der Waals surface area contributed by atoms with Crippen LogP contribution < -0.4 is 14.2 Å². The second-order valence-electron chi connectivity index (χ2n) is 6.25. The number of rotatable bonds is 7. The summed E-state index contributed by atoms with van der Waals surface area (Å²) >= 11 is 0. The highest BCUT2D eigenvalue weighted by Gasteiger charge is 2.15. The summed E-state index contributed by atoms with van der Waals surface area (Å²) in [5, 5.41) is 0. The molecule has 1 atom stereocenters. The summed E-state index contributed by atoms with van der Waals surface area (Å²) in [5.41, 5.74) is 1.37. The number of benzene rings is 2. The van der Waals surface area contributed by atoms with Crippen LogP contribution in [-0.2, 0) is 4.74 Å². The number of ether oxygens (including phenoxy) is 4. The maximum atomic E-state index is 12.5. The first kappa shape index (κ1) is 19.0. The van der Waals surface area contributed by atoms with Gasteiger partial charge in [-0.3, -0.25) is 4.79 Å². The van der Waals surface area contributed by atoms with E-state index in [9.17, 15) is 4.79 Å². The molecule has 1 aliphatic heterocycles. The Morgan fingerprint density at radius 1 is 1.04 bits per heavy atom. The van der Waals surface area contributed by atoms with E-state index in [-0.39, 0.29) is 12.1 Å². The van der Waals surface area contributed by atoms with Gasteiger partial charge < -0.3 is 18.9 Å². The molecule has 0 saturated carbocycles. The smallest absolute Gasteiger partial charge is 0.199 e. The minimum absolute atomic E-state index is 0.151. The Balaban J connectivity index is 1.66. The van der Waals surface area contributed by atoms with Gasteiger partial charge in [0, 0.05) is 6.42 Å². The fourth-order valence-electron chi connectivity index (χ4n) is 2.88. The zero-order valence-corrected chi connectivity index (χ0v) is 15.6. The van der Waals surface area contributed by atoms with E-state index in [0.29, 0.717) is 17.1 Å². The van der Waals surface area contributed by atoms with Crippen molar-refractivity contribution in [1.29, 1.82) is 0 Å². The van der Waals surface area contributed by atoms with Crippen LogP contribution in [0.15, 0.2) is 48.5 Å². The summed E-state index contributed by atoms with van der Waals surface area (Å²) in [5.74, 6) is 1.74. The van der Waals surface area contributed by atoms with Crippen LogP contribution in [0.5, 0.6) is 17.2 Å². The fraction of sp³-hybridized carbons (Fsp3) is 0.318. The van der Waals surface area contributed by atoms with Gasteiger partial charge in [0.2, 0.25) is 0 Å². The van der Waals surface area contributed by atoms with Gasteiger partial charge in [-0.05, 0) is 54.8 Å². The highest BCUT2D eigenvalue weighted by atomic mass is 16.7. The van der Waals surface area contributed by atoms with Gasteiger partial charge in [-0.2, -0.15) is 0 Å². The zero-order valence-electron chi connectivity index (χ0n) is 15.6. The Bertz CT molecular complexity index is 789. The first-order valence-corrected chi connectivity index (χ1v) is 9.02. The molecule has 5 heteroatoms. The van der Waals surface area contributed by atoms with E-state index in [1.807, 2.05) is 24.3 Å². The molecule has 0 N–H and O–H groups in total. The molecule has 0 aromatic heterocycles. The van der Waals surface area contributed by atoms with Crippen LogP contribution in [0.4, 0.5) is 0 Å². The van der Waals surface area contributed by atoms with Gasteiger partial charge in [0.25, 0.3) is 0 Å². The third kappa shape index (κ3) is 5.11. The minimum Gasteiger partial charge on any atom is -0.497 e. The van der Waals surface area contributed by atoms with Gasteiger partial charge in [0.1, 0.15) is 17.2 Å². The Hall–Kier alpha value is -2.79. The lowest BCUT2D eigenvalue weighted by molar-refractivity contribution is -0.105. The second-order valence-corrected chi connectivity index (χ2v) is 6.25. The van der Waals surface area contributed by atoms with Gasteiger partial charge in [-0.1, -0.05) is 18.2 Å². The molecule has 1 aliphatic rings. The van der Waals surface area contributed by atoms with Crippen LogP contribution in [0, 0.1) is 0 Å². The molecule has 2 aromatic rings. The van der Waals surface area contributed by atoms with Crippen LogP contribution in [-0.4, -0.2) is 32.9 Å². The van der Waals surface area contributed by atoms with E-state index in [1.54, 1.807) is 31.4 Å². The SMILES string of the molecule is COc1ccc(OC)c(C(=O)C=Cc2ccc(OC3CCCCO3)cc2)c1. The molecular weight excluding hydrogens is 344 g/mol. The molecule has 0 radical (unpaired) electrons. The number of allylic oxidation sites excluding steroid dienone is 1. The van der Waals surface area contributed by atoms with Gasteiger partial charge >= 0.3 is 0 Å². The summed E-state index contributed by atoms with van der Waals surface area (Å²) < 4.78 is 21.8. The maximum absolute atomic E-state index is 12.5. The number of methoxy groups -OCH3 is 2. The first-order chi connectivity index (χ1) is 13.2. The minimum atomic E-state index is -0.165. The predicted octanol–water partition coefficient (Wildman–Crippen LogP) is 4.51. The number of carbonyl (C=O) groups is 1. The summed E-state index contributed by atoms with van der Waals surface area (Å²) in [4.78, 5) is 12.5. The van der Waals surface area contributed by atoms with Crippen molar-refractivity contribution in [2.45, 2.75) is 25.6 Å². The molecule has 3 rings (SSSR count). The Kier molecular flexibility index (Phi) is 6.49. The Morgan fingerprint density at radius 2 is 1.81 bits per heavy atom. The lowest BCUT2D eigenvalue weighted by Crippen LogP contribution is -2.24. The summed E-state index contributed by atoms with van der Waals surface area (Å²) in [6.07, 6.45) is 6.26. The van der Waals surface area contributed by atoms with Crippen LogP contribution >= 0.6 is 0 Å². The molecule has 0 aliphatic carbocycles. The highest BCUT2D eigenvalue weighted by Crippen LogP contribution is 2.25. The summed E-state index contributed by atoms with van der Waals surface area (Å²) in [7, 11) is 3.10. The summed E-state index contributed by atoms with van der Waals surface area (Å²) in [6.45, 7) is 0.751. The van der Waals surface area contributed by atoms with Crippen molar-refractivity contribution in [2.24, 2.45) is 0 Å². The molecule has 5 nitrogen and oxygen atoms in total. The van der Waals surface area contributed by atoms with Gasteiger partial charge in [0.05, 0.1) is 26.4 Å². The van der Waals surface area contributed by atoms with Crippen molar-refractivity contribution in [3.8, 4) is 17.2 Å². The molecular formula is C22H24O5. The number of hydrogen-bond acceptors (Lipinski definition) is 5. The quantitative estimate of drug-likeness (QED) is 0.532. The molecule has 1 saturated heterocycles. The molecule has 1 unspecified atom stereocenters. The van der Waals surface area contributed by atoms with Crippen molar-refractivity contribution in [2.75, 3.05) is 20.8 Å². The van der Waals surface area contributed by atoms with Crippen molar-refractivity contribution in [3.63, 3.8) is 0 Å². The van der Waals surface area contributed by atoms with E-state index in [2.05, 4.69) is 0 Å². The molecule has 1 heterocycles. The lowest BCUT2D eigenvalue weighted by atomic mass is 10.1. The molecule has 142 valence electrons. The van der Waals surface area contributed by atoms with E-state index >= 15 is 0 Å². The van der Waals surface area contributed by atoms with E-state index < -0.39 is 0 Å². The second kappa shape index (κ2) is 9.24. The van der Waals surface area contributed by atoms with Crippen molar-refractivity contribution in [3.05, 3.63) is 59.7 Å². The lowest BCUT2D eigenvalue weighted by Gasteiger charge is -2.23. The monoisotopic (exact) mass is 368 g/mol. The molecule has 2 aromatic carbocycles. The Morgan fingerprint density at radius 3 is 2.48 bits per heavy atom. The maximum Gasteiger partial charge on any atom is 0.199 e. The number of carbonyl (C=O) groups excluding carboxylic acids is 1. The molecule has 1 fully saturated rings. The van der Waals surface area contributed by atoms with Crippen LogP contribution in [0.25, 0.3) is 6.08 Å². The van der Waals surface area contributed by atoms with Gasteiger partial charge in [-0.15, -0.1) is 0 Å². The topological polar surface area (TPSA) is 54.0 Å². The van der Waals surface area contributed by atoms with E-state index in [4.69, 9.17) is 18.9 Å². The average molecular weight is 368 g/mol. The van der Waals surface area contributed by atoms with Crippen molar-refractivity contribution >= 4 is 11.9 Å². The zero-order chi connectivity index (χ0) is 19.1. The van der Waals surface area contributed by atoms with Gasteiger partial charge in [0.15, 0.2) is 12.1 Å². The molecule has 0 spiro atoms. The first-order valence-electron chi connectivity index (χ1n) is 9.02. The summed E-state index contributed by atoms with van der Waals surface area (Å²) in [6, 6.07) is 12.7. The van der Waals surface area contributed by atoms with E-state index in [1.165, 1.54) is 13.2 Å². The van der Waals surface area contributed by atoms with E-state index in [0.717, 1.165) is 37.2 Å². The fourth-order valence-corrected chi connectivity index (χ4v) is 2.88. The standard InChI is InChI=1S/C22H24O5/c1-24-18-11-13-21(25-2)19(15-18)20(23)12-8-16-6-9-17(10-7-16)27-22-5-3-4-14-26-22/h6-13,15,22H,3-5,14H2,1-2H3. The third-order valence-electron chi connectivity index (χ3n) is 4.38. The average Bonchev–Trinajstić information content (AvgIpc) is 2.73. The Labute approximate surface area is 159 Å². The van der Waals surface area contributed by atoms with Crippen molar-refractivity contribution < 1.29 is 23.7 Å². The normalized spacial score (nSPS) is 16.9. The van der Waals surface area contributed by atoms with Crippen molar-refractivity contribution in [1.82, 2.24) is 0 Å². The van der Waals surface area contributed by atoms with Crippen LogP contribution in [0.3, 0.4) is 0 Å². The van der Waals surface area contributed by atoms with Crippen LogP contribution in [0.2, 0.25) is 0 Å².